The molecule has 1 fully saturated rings. The number of nitrogens with zero attached hydrogens (tertiary/aromatic N) is 1. The molecule has 1 aliphatic heterocycles. The number of likely N-dealkylation sites (tertiary alicyclic amines) is 1. The number of Topliss-reactive ketones (excluding diaryl/α,β-unsaturated/α-hetero) is 1. The molecule has 78 heavy (non-hydrogen) atoms. The molecule has 1 N–H and O–H groups in total. The molecule has 9 heteroatoms. The Hall–Kier alpha value is -2.68. The molecule has 9 nitrogen and oxygen atoms in total. The topological polar surface area (TPSA) is 111 Å². The van der Waals surface area contributed by atoms with Crippen LogP contribution in [-0.2, 0) is 28.6 Å². The number of unbranched alkanes of at least 4 members (excludes halogenated alkanes) is 29. The third-order valence-electron chi connectivity index (χ3n) is 15.8. The molecule has 458 valence electrons. The monoisotopic (exact) mass is 1100 g/mol. The molecule has 1 heterocycles. The molecule has 0 saturated carbocycles. The third-order valence-corrected chi connectivity index (χ3v) is 15.8. The molecule has 0 aromatic rings. The molecule has 1 amide bonds. The van der Waals surface area contributed by atoms with Gasteiger partial charge in [-0.1, -0.05) is 232 Å². The summed E-state index contributed by atoms with van der Waals surface area (Å²) in [4.78, 5) is 50.6. The standard InChI is InChI=1S/C49H92O4.C20H38N2O3/c1-5-9-12-15-18-19-20-21-22-23-24-25-27-33-38-43-48(50)52-45-46(8-4)40-35-30-28-29-34-39-44-49(51)53-47(41-36-31-17-14-11-7-3)42-37-32-26-16-13-10-6-2;1-3-4-5-6-7-8-11-19(13-12-18(2)23)25-20(24)21-14-17-22-15-9-10-16-22/h18-19,21-22,46-47H,5-17,20,23-45H2,1-4H3;19H,3-17H2,1-2H3,(H,21,24)/b19-18-,22-21-;. The summed E-state index contributed by atoms with van der Waals surface area (Å²) >= 11 is 0. The predicted octanol–water partition coefficient (Wildman–Crippen LogP) is 20.6. The zero-order chi connectivity index (χ0) is 57.0. The van der Waals surface area contributed by atoms with E-state index in [4.69, 9.17) is 14.2 Å². The van der Waals surface area contributed by atoms with Crippen molar-refractivity contribution in [2.24, 2.45) is 5.92 Å². The van der Waals surface area contributed by atoms with Crippen LogP contribution in [0.2, 0.25) is 0 Å². The van der Waals surface area contributed by atoms with Crippen molar-refractivity contribution in [2.75, 3.05) is 32.8 Å². The van der Waals surface area contributed by atoms with E-state index in [0.29, 0.717) is 44.8 Å². The van der Waals surface area contributed by atoms with Crippen LogP contribution in [0.3, 0.4) is 0 Å². The molecular weight excluding hydrogens is 969 g/mol. The number of carbonyl (C=O) groups is 4. The second-order valence-corrected chi connectivity index (χ2v) is 23.5. The van der Waals surface area contributed by atoms with Crippen LogP contribution in [0.25, 0.3) is 0 Å². The maximum atomic E-state index is 12.7. The van der Waals surface area contributed by atoms with Crippen molar-refractivity contribution in [3.05, 3.63) is 24.3 Å². The average molecular weight is 1100 g/mol. The van der Waals surface area contributed by atoms with Gasteiger partial charge in [-0.05, 0) is 135 Å². The Morgan fingerprint density at radius 2 is 0.859 bits per heavy atom. The predicted molar refractivity (Wildman–Crippen MR) is 333 cm³/mol. The number of carbonyl (C=O) groups excluding carboxylic acids is 4. The van der Waals surface area contributed by atoms with Gasteiger partial charge in [0.2, 0.25) is 0 Å². The molecule has 0 radical (unpaired) electrons. The maximum absolute atomic E-state index is 12.7. The van der Waals surface area contributed by atoms with Crippen LogP contribution in [0.5, 0.6) is 0 Å². The van der Waals surface area contributed by atoms with Crippen LogP contribution >= 0.6 is 0 Å². The Bertz CT molecular complexity index is 1380. The minimum atomic E-state index is -0.335. The number of hydrogen-bond acceptors (Lipinski definition) is 8. The fourth-order valence-electron chi connectivity index (χ4n) is 10.5. The van der Waals surface area contributed by atoms with E-state index in [-0.39, 0.29) is 36.0 Å². The van der Waals surface area contributed by atoms with E-state index < -0.39 is 0 Å². The summed E-state index contributed by atoms with van der Waals surface area (Å²) in [5, 5.41) is 2.86. The Labute approximate surface area is 483 Å². The van der Waals surface area contributed by atoms with E-state index in [0.717, 1.165) is 90.3 Å². The zero-order valence-corrected chi connectivity index (χ0v) is 52.6. The summed E-state index contributed by atoms with van der Waals surface area (Å²) in [6.07, 6.45) is 63.1. The van der Waals surface area contributed by atoms with Gasteiger partial charge < -0.3 is 29.2 Å². The van der Waals surface area contributed by atoms with E-state index in [9.17, 15) is 19.2 Å². The van der Waals surface area contributed by atoms with Gasteiger partial charge in [-0.25, -0.2) is 4.79 Å². The molecule has 0 aromatic heterocycles. The molecule has 1 aliphatic rings. The number of ether oxygens (including phenoxy) is 3. The lowest BCUT2D eigenvalue weighted by Crippen LogP contribution is -2.35. The molecule has 0 aromatic carbocycles. The highest BCUT2D eigenvalue weighted by Gasteiger charge is 2.18. The van der Waals surface area contributed by atoms with Crippen molar-refractivity contribution < 1.29 is 33.4 Å². The molecule has 0 aliphatic carbocycles. The summed E-state index contributed by atoms with van der Waals surface area (Å²) in [5.41, 5.74) is 0. The van der Waals surface area contributed by atoms with Crippen LogP contribution in [0.4, 0.5) is 4.79 Å². The first-order valence-corrected chi connectivity index (χ1v) is 34.0. The lowest BCUT2D eigenvalue weighted by molar-refractivity contribution is -0.150. The van der Waals surface area contributed by atoms with Gasteiger partial charge >= 0.3 is 18.0 Å². The Kier molecular flexibility index (Phi) is 58.3. The summed E-state index contributed by atoms with van der Waals surface area (Å²) in [6.45, 7) is 17.2. The zero-order valence-electron chi connectivity index (χ0n) is 52.6. The van der Waals surface area contributed by atoms with E-state index in [1.54, 1.807) is 6.92 Å². The van der Waals surface area contributed by atoms with Gasteiger partial charge in [0.05, 0.1) is 6.61 Å². The van der Waals surface area contributed by atoms with Crippen LogP contribution in [0.1, 0.15) is 343 Å². The lowest BCUT2D eigenvalue weighted by atomic mass is 9.98. The van der Waals surface area contributed by atoms with Crippen LogP contribution < -0.4 is 5.32 Å². The number of esters is 2. The molecule has 1 saturated heterocycles. The van der Waals surface area contributed by atoms with E-state index in [1.165, 1.54) is 205 Å². The molecule has 3 atom stereocenters. The smallest absolute Gasteiger partial charge is 0.407 e. The third kappa shape index (κ3) is 55.2. The van der Waals surface area contributed by atoms with Gasteiger partial charge in [0, 0.05) is 32.4 Å². The van der Waals surface area contributed by atoms with Gasteiger partial charge in [0.25, 0.3) is 0 Å². The molecular formula is C69H130N2O7. The highest BCUT2D eigenvalue weighted by molar-refractivity contribution is 5.75. The van der Waals surface area contributed by atoms with E-state index >= 15 is 0 Å². The number of hydrogen-bond donors (Lipinski definition) is 1. The highest BCUT2D eigenvalue weighted by Crippen LogP contribution is 2.21. The number of ketones is 1. The van der Waals surface area contributed by atoms with Crippen LogP contribution in [-0.4, -0.2) is 73.7 Å². The first-order valence-electron chi connectivity index (χ1n) is 34.0. The second-order valence-electron chi connectivity index (χ2n) is 23.5. The number of nitrogens with one attached hydrogen (secondary N) is 1. The Balaban J connectivity index is 0.00000196. The van der Waals surface area contributed by atoms with E-state index in [1.807, 2.05) is 0 Å². The fourth-order valence-corrected chi connectivity index (χ4v) is 10.5. The highest BCUT2D eigenvalue weighted by atomic mass is 16.6. The molecule has 0 spiro atoms. The van der Waals surface area contributed by atoms with Crippen molar-refractivity contribution >= 4 is 23.8 Å². The van der Waals surface area contributed by atoms with Gasteiger partial charge in [0.15, 0.2) is 0 Å². The molecule has 0 bridgehead atoms. The lowest BCUT2D eigenvalue weighted by Gasteiger charge is -2.19. The average Bonchev–Trinajstić information content (AvgIpc) is 3.96. The molecule has 1 rings (SSSR count). The summed E-state index contributed by atoms with van der Waals surface area (Å²) < 4.78 is 17.3. The number of amides is 1. The minimum Gasteiger partial charge on any atom is -0.465 e. The Morgan fingerprint density at radius 1 is 0.449 bits per heavy atom. The van der Waals surface area contributed by atoms with Crippen molar-refractivity contribution in [3.8, 4) is 0 Å². The normalized spacial score (nSPS) is 13.9. The summed E-state index contributed by atoms with van der Waals surface area (Å²) in [6, 6.07) is 0. The van der Waals surface area contributed by atoms with Crippen LogP contribution in [0.15, 0.2) is 24.3 Å². The largest absolute Gasteiger partial charge is 0.465 e. The first kappa shape index (κ1) is 75.3. The fraction of sp³-hybridized carbons (Fsp3) is 0.884. The van der Waals surface area contributed by atoms with Crippen molar-refractivity contribution in [2.45, 2.75) is 356 Å². The first-order chi connectivity index (χ1) is 38.2. The van der Waals surface area contributed by atoms with Gasteiger partial charge in [-0.15, -0.1) is 0 Å². The quantitative estimate of drug-likeness (QED) is 0.0277. The number of rotatable bonds is 56. The van der Waals surface area contributed by atoms with Gasteiger partial charge in [0.1, 0.15) is 18.0 Å². The van der Waals surface area contributed by atoms with Gasteiger partial charge in [-0.2, -0.15) is 0 Å². The van der Waals surface area contributed by atoms with Gasteiger partial charge in [-0.3, -0.25) is 9.59 Å². The number of allylic oxidation sites excluding steroid dienone is 4. The van der Waals surface area contributed by atoms with Crippen molar-refractivity contribution in [3.63, 3.8) is 0 Å². The maximum Gasteiger partial charge on any atom is 0.407 e. The van der Waals surface area contributed by atoms with E-state index in [2.05, 4.69) is 69.1 Å². The number of alkyl carbamates (subject to hydrolysis) is 1. The summed E-state index contributed by atoms with van der Waals surface area (Å²) in [7, 11) is 0. The summed E-state index contributed by atoms with van der Waals surface area (Å²) in [5.74, 6) is 0.647. The Morgan fingerprint density at radius 3 is 1.35 bits per heavy atom. The SMILES string of the molecule is CCCCC/C=C\C/C=C\CCCCCCCC(=O)OCC(CC)CCCCCCCCC(=O)OC(CCCCCCCC)CCCCCCCCC.CCCCCCCCC(CCC(C)=O)OC(=O)NCCN1CCCC1. The van der Waals surface area contributed by atoms with Crippen molar-refractivity contribution in [1.29, 1.82) is 0 Å². The van der Waals surface area contributed by atoms with Crippen molar-refractivity contribution in [1.82, 2.24) is 10.2 Å². The second kappa shape index (κ2) is 60.4. The molecule has 3 unspecified atom stereocenters. The van der Waals surface area contributed by atoms with Crippen LogP contribution in [0, 0.1) is 5.92 Å². The minimum absolute atomic E-state index is 0.0146.